The molecule has 0 aromatic heterocycles. The zero-order valence-electron chi connectivity index (χ0n) is 11.1. The van der Waals surface area contributed by atoms with Gasteiger partial charge in [-0.05, 0) is 43.0 Å². The molecule has 0 unspecified atom stereocenters. The highest BCUT2D eigenvalue weighted by molar-refractivity contribution is 8.76. The maximum absolute atomic E-state index is 2.22. The van der Waals surface area contributed by atoms with Gasteiger partial charge in [-0.1, -0.05) is 64.9 Å². The van der Waals surface area contributed by atoms with Gasteiger partial charge < -0.3 is 0 Å². The normalized spacial score (nSPS) is 10.6. The van der Waals surface area contributed by atoms with E-state index in [1.165, 1.54) is 26.5 Å². The SMILES string of the molecule is CCc1ccccc1SSc1c(C)cccc1C. The molecule has 0 aliphatic rings. The quantitative estimate of drug-likeness (QED) is 0.659. The maximum atomic E-state index is 2.22. The van der Waals surface area contributed by atoms with Crippen molar-refractivity contribution in [2.24, 2.45) is 0 Å². The van der Waals surface area contributed by atoms with Crippen molar-refractivity contribution in [3.05, 3.63) is 59.2 Å². The van der Waals surface area contributed by atoms with Gasteiger partial charge in [0.25, 0.3) is 0 Å². The fourth-order valence-electron chi connectivity index (χ4n) is 1.89. The third kappa shape index (κ3) is 3.12. The van der Waals surface area contributed by atoms with Crippen LogP contribution in [0.2, 0.25) is 0 Å². The minimum atomic E-state index is 1.09. The molecule has 2 aromatic carbocycles. The monoisotopic (exact) mass is 274 g/mol. The summed E-state index contributed by atoms with van der Waals surface area (Å²) in [7, 11) is 3.74. The predicted octanol–water partition coefficient (Wildman–Crippen LogP) is 5.67. The Morgan fingerprint density at radius 1 is 0.833 bits per heavy atom. The van der Waals surface area contributed by atoms with Crippen molar-refractivity contribution in [2.75, 3.05) is 0 Å². The summed E-state index contributed by atoms with van der Waals surface area (Å²) in [6.45, 7) is 6.58. The topological polar surface area (TPSA) is 0 Å². The smallest absolute Gasteiger partial charge is 0.0244 e. The molecule has 18 heavy (non-hydrogen) atoms. The van der Waals surface area contributed by atoms with Crippen LogP contribution in [-0.4, -0.2) is 0 Å². The van der Waals surface area contributed by atoms with Gasteiger partial charge in [-0.25, -0.2) is 0 Å². The van der Waals surface area contributed by atoms with Crippen LogP contribution in [0.5, 0.6) is 0 Å². The second kappa shape index (κ2) is 6.35. The van der Waals surface area contributed by atoms with Crippen molar-refractivity contribution in [1.82, 2.24) is 0 Å². The average molecular weight is 274 g/mol. The van der Waals surface area contributed by atoms with E-state index in [0.29, 0.717) is 0 Å². The van der Waals surface area contributed by atoms with E-state index in [-0.39, 0.29) is 0 Å². The molecule has 0 nitrogen and oxygen atoms in total. The molecule has 0 saturated carbocycles. The molecule has 0 radical (unpaired) electrons. The Morgan fingerprint density at radius 2 is 1.50 bits per heavy atom. The van der Waals surface area contributed by atoms with Crippen LogP contribution in [-0.2, 0) is 6.42 Å². The Bertz CT molecular complexity index is 512. The summed E-state index contributed by atoms with van der Waals surface area (Å²) in [5, 5.41) is 0. The molecule has 0 spiro atoms. The first-order chi connectivity index (χ1) is 8.72. The second-order valence-corrected chi connectivity index (χ2v) is 6.53. The summed E-state index contributed by atoms with van der Waals surface area (Å²) >= 11 is 0. The van der Waals surface area contributed by atoms with Crippen molar-refractivity contribution in [1.29, 1.82) is 0 Å². The molecule has 2 rings (SSSR count). The van der Waals surface area contributed by atoms with Gasteiger partial charge in [0.1, 0.15) is 0 Å². The molecule has 94 valence electrons. The van der Waals surface area contributed by atoms with Crippen LogP contribution >= 0.6 is 21.6 Å². The molecular formula is C16H18S2. The van der Waals surface area contributed by atoms with Gasteiger partial charge in [-0.15, -0.1) is 0 Å². The van der Waals surface area contributed by atoms with Gasteiger partial charge in [0.05, 0.1) is 0 Å². The van der Waals surface area contributed by atoms with Crippen molar-refractivity contribution < 1.29 is 0 Å². The molecule has 0 fully saturated rings. The molecule has 0 heterocycles. The van der Waals surface area contributed by atoms with Gasteiger partial charge >= 0.3 is 0 Å². The lowest BCUT2D eigenvalue weighted by molar-refractivity contribution is 1.08. The molecule has 0 aliphatic heterocycles. The molecular weight excluding hydrogens is 256 g/mol. The predicted molar refractivity (Wildman–Crippen MR) is 83.5 cm³/mol. The zero-order chi connectivity index (χ0) is 13.0. The maximum Gasteiger partial charge on any atom is 0.0244 e. The highest BCUT2D eigenvalue weighted by atomic mass is 33.1. The van der Waals surface area contributed by atoms with E-state index in [1.807, 2.05) is 21.6 Å². The fourth-order valence-corrected chi connectivity index (χ4v) is 4.72. The van der Waals surface area contributed by atoms with Crippen molar-refractivity contribution in [2.45, 2.75) is 37.0 Å². The minimum Gasteiger partial charge on any atom is -0.0619 e. The molecule has 0 bridgehead atoms. The lowest BCUT2D eigenvalue weighted by Crippen LogP contribution is -1.85. The van der Waals surface area contributed by atoms with E-state index in [9.17, 15) is 0 Å². The van der Waals surface area contributed by atoms with E-state index < -0.39 is 0 Å². The number of hydrogen-bond donors (Lipinski definition) is 0. The van der Waals surface area contributed by atoms with Gasteiger partial charge in [0, 0.05) is 9.79 Å². The van der Waals surface area contributed by atoms with Gasteiger partial charge in [-0.2, -0.15) is 0 Å². The summed E-state index contributed by atoms with van der Waals surface area (Å²) in [5.41, 5.74) is 4.16. The van der Waals surface area contributed by atoms with Crippen molar-refractivity contribution in [3.63, 3.8) is 0 Å². The van der Waals surface area contributed by atoms with Crippen LogP contribution in [0.4, 0.5) is 0 Å². The van der Waals surface area contributed by atoms with Crippen LogP contribution in [0.15, 0.2) is 52.3 Å². The first-order valence-corrected chi connectivity index (χ1v) is 8.36. The van der Waals surface area contributed by atoms with Gasteiger partial charge in [0.2, 0.25) is 0 Å². The Balaban J connectivity index is 2.16. The minimum absolute atomic E-state index is 1.09. The Morgan fingerprint density at radius 3 is 2.17 bits per heavy atom. The van der Waals surface area contributed by atoms with E-state index in [0.717, 1.165) is 6.42 Å². The van der Waals surface area contributed by atoms with Crippen LogP contribution in [0.3, 0.4) is 0 Å². The van der Waals surface area contributed by atoms with Crippen molar-refractivity contribution in [3.8, 4) is 0 Å². The van der Waals surface area contributed by atoms with Crippen LogP contribution in [0.1, 0.15) is 23.6 Å². The lowest BCUT2D eigenvalue weighted by Gasteiger charge is -2.10. The Kier molecular flexibility index (Phi) is 4.79. The van der Waals surface area contributed by atoms with Crippen LogP contribution in [0.25, 0.3) is 0 Å². The standard InChI is InChI=1S/C16H18S2/c1-4-14-10-5-6-11-15(14)17-18-16-12(2)8-7-9-13(16)3/h5-11H,4H2,1-3H3. The number of hydrogen-bond acceptors (Lipinski definition) is 2. The van der Waals surface area contributed by atoms with Crippen LogP contribution in [0, 0.1) is 13.8 Å². The number of aryl methyl sites for hydroxylation is 3. The summed E-state index contributed by atoms with van der Waals surface area (Å²) in [6, 6.07) is 15.2. The van der Waals surface area contributed by atoms with E-state index in [4.69, 9.17) is 0 Å². The average Bonchev–Trinajstić information content (AvgIpc) is 2.38. The molecule has 2 aromatic rings. The first kappa shape index (κ1) is 13.6. The highest BCUT2D eigenvalue weighted by Crippen LogP contribution is 2.41. The van der Waals surface area contributed by atoms with Crippen LogP contribution < -0.4 is 0 Å². The number of benzene rings is 2. The molecule has 0 aliphatic carbocycles. The molecule has 0 amide bonds. The Hall–Kier alpha value is -0.860. The fraction of sp³-hybridized carbons (Fsp3) is 0.250. The van der Waals surface area contributed by atoms with E-state index in [1.54, 1.807) is 0 Å². The molecule has 0 atom stereocenters. The summed E-state index contributed by atoms with van der Waals surface area (Å²) in [4.78, 5) is 2.78. The molecule has 0 N–H and O–H groups in total. The molecule has 2 heteroatoms. The van der Waals surface area contributed by atoms with Gasteiger partial charge in [-0.3, -0.25) is 0 Å². The third-order valence-corrected chi connectivity index (χ3v) is 5.74. The third-order valence-electron chi connectivity index (χ3n) is 2.98. The molecule has 0 saturated heterocycles. The lowest BCUT2D eigenvalue weighted by atomic mass is 10.2. The summed E-state index contributed by atoms with van der Waals surface area (Å²) in [6.07, 6.45) is 1.09. The first-order valence-electron chi connectivity index (χ1n) is 6.21. The Labute approximate surface area is 118 Å². The van der Waals surface area contributed by atoms with Crippen molar-refractivity contribution >= 4 is 21.6 Å². The van der Waals surface area contributed by atoms with Gasteiger partial charge in [0.15, 0.2) is 0 Å². The highest BCUT2D eigenvalue weighted by Gasteiger charge is 2.06. The van der Waals surface area contributed by atoms with E-state index in [2.05, 4.69) is 63.2 Å². The second-order valence-electron chi connectivity index (χ2n) is 4.35. The zero-order valence-corrected chi connectivity index (χ0v) is 12.7. The van der Waals surface area contributed by atoms with E-state index >= 15 is 0 Å². The number of rotatable bonds is 4. The largest absolute Gasteiger partial charge is 0.0619 e. The summed E-state index contributed by atoms with van der Waals surface area (Å²) < 4.78 is 0. The summed E-state index contributed by atoms with van der Waals surface area (Å²) in [5.74, 6) is 0.